The summed E-state index contributed by atoms with van der Waals surface area (Å²) in [6, 6.07) is 0. The van der Waals surface area contributed by atoms with Crippen LogP contribution in [0.15, 0.2) is 0 Å². The fourth-order valence-corrected chi connectivity index (χ4v) is 1.42. The van der Waals surface area contributed by atoms with Gasteiger partial charge in [0.1, 0.15) is 0 Å². The van der Waals surface area contributed by atoms with E-state index in [0.29, 0.717) is 6.54 Å². The minimum atomic E-state index is -0.300. The van der Waals surface area contributed by atoms with E-state index in [-0.39, 0.29) is 17.4 Å². The van der Waals surface area contributed by atoms with Gasteiger partial charge in [0, 0.05) is 25.0 Å². The second kappa shape index (κ2) is 5.47. The first kappa shape index (κ1) is 12.5. The van der Waals surface area contributed by atoms with Gasteiger partial charge in [0.05, 0.1) is 12.7 Å². The number of rotatable bonds is 3. The number of hydrogen-bond acceptors (Lipinski definition) is 3. The second-order valence-electron chi connectivity index (χ2n) is 4.99. The third-order valence-corrected chi connectivity index (χ3v) is 2.44. The van der Waals surface area contributed by atoms with Crippen LogP contribution in [0, 0.1) is 5.41 Å². The Morgan fingerprint density at radius 3 is 2.80 bits per heavy atom. The summed E-state index contributed by atoms with van der Waals surface area (Å²) in [5, 5.41) is 6.19. The first-order chi connectivity index (χ1) is 7.00. The summed E-state index contributed by atoms with van der Waals surface area (Å²) >= 11 is 0. The molecular weight excluding hydrogens is 192 g/mol. The molecule has 0 aromatic heterocycles. The Hall–Kier alpha value is -0.610. The zero-order valence-corrected chi connectivity index (χ0v) is 9.93. The van der Waals surface area contributed by atoms with E-state index in [1.54, 1.807) is 0 Å². The molecule has 0 aromatic rings. The van der Waals surface area contributed by atoms with Gasteiger partial charge in [-0.15, -0.1) is 0 Å². The van der Waals surface area contributed by atoms with E-state index in [4.69, 9.17) is 4.74 Å². The summed E-state index contributed by atoms with van der Waals surface area (Å²) in [5.41, 5.74) is -0.300. The fraction of sp³-hybridized carbons (Fsp3) is 0.909. The van der Waals surface area contributed by atoms with Crippen molar-refractivity contribution in [1.29, 1.82) is 0 Å². The van der Waals surface area contributed by atoms with Gasteiger partial charge in [-0.1, -0.05) is 20.8 Å². The van der Waals surface area contributed by atoms with Gasteiger partial charge < -0.3 is 15.4 Å². The number of morpholine rings is 1. The Labute approximate surface area is 91.8 Å². The van der Waals surface area contributed by atoms with Crippen LogP contribution in [0.25, 0.3) is 0 Å². The predicted molar refractivity (Wildman–Crippen MR) is 59.7 cm³/mol. The summed E-state index contributed by atoms with van der Waals surface area (Å²) in [6.45, 7) is 9.06. The molecule has 1 amide bonds. The first-order valence-electron chi connectivity index (χ1n) is 5.61. The lowest BCUT2D eigenvalue weighted by Gasteiger charge is -2.24. The lowest BCUT2D eigenvalue weighted by molar-refractivity contribution is -0.128. The van der Waals surface area contributed by atoms with Crippen LogP contribution in [0.4, 0.5) is 0 Å². The van der Waals surface area contributed by atoms with Crippen molar-refractivity contribution in [2.75, 3.05) is 26.2 Å². The molecule has 4 nitrogen and oxygen atoms in total. The molecule has 1 atom stereocenters. The van der Waals surface area contributed by atoms with E-state index in [1.807, 2.05) is 20.8 Å². The normalized spacial score (nSPS) is 22.5. The third-order valence-electron chi connectivity index (χ3n) is 2.44. The average Bonchev–Trinajstić information content (AvgIpc) is 2.18. The smallest absolute Gasteiger partial charge is 0.225 e. The van der Waals surface area contributed by atoms with E-state index < -0.39 is 0 Å². The standard InChI is InChI=1S/C11H22N2O2/c1-11(2,3)10(14)13-5-4-9-8-12-6-7-15-9/h9,12H,4-8H2,1-3H3,(H,13,14). The molecule has 4 heteroatoms. The van der Waals surface area contributed by atoms with Crippen LogP contribution in [-0.4, -0.2) is 38.3 Å². The molecule has 1 aliphatic rings. The zero-order valence-electron chi connectivity index (χ0n) is 9.93. The lowest BCUT2D eigenvalue weighted by Crippen LogP contribution is -2.42. The number of carbonyl (C=O) groups is 1. The Kier molecular flexibility index (Phi) is 4.54. The van der Waals surface area contributed by atoms with Crippen molar-refractivity contribution in [3.63, 3.8) is 0 Å². The van der Waals surface area contributed by atoms with Crippen LogP contribution >= 0.6 is 0 Å². The minimum absolute atomic E-state index is 0.103. The molecule has 1 heterocycles. The van der Waals surface area contributed by atoms with Crippen LogP contribution in [0.3, 0.4) is 0 Å². The lowest BCUT2D eigenvalue weighted by atomic mass is 9.96. The van der Waals surface area contributed by atoms with Gasteiger partial charge in [-0.3, -0.25) is 4.79 Å². The predicted octanol–water partition coefficient (Wildman–Crippen LogP) is 0.527. The Balaban J connectivity index is 2.12. The summed E-state index contributed by atoms with van der Waals surface area (Å²) in [6.07, 6.45) is 1.13. The van der Waals surface area contributed by atoms with Crippen molar-refractivity contribution in [3.05, 3.63) is 0 Å². The van der Waals surface area contributed by atoms with E-state index in [0.717, 1.165) is 26.1 Å². The molecule has 1 unspecified atom stereocenters. The SMILES string of the molecule is CC(C)(C)C(=O)NCCC1CNCCO1. The van der Waals surface area contributed by atoms with Gasteiger partial charge in [-0.25, -0.2) is 0 Å². The van der Waals surface area contributed by atoms with Gasteiger partial charge in [-0.2, -0.15) is 0 Å². The van der Waals surface area contributed by atoms with Crippen LogP contribution < -0.4 is 10.6 Å². The molecule has 1 fully saturated rings. The number of nitrogens with one attached hydrogen (secondary N) is 2. The third kappa shape index (κ3) is 4.62. The highest BCUT2D eigenvalue weighted by Gasteiger charge is 2.21. The quantitative estimate of drug-likeness (QED) is 0.720. The molecular formula is C11H22N2O2. The van der Waals surface area contributed by atoms with Crippen LogP contribution in [0.2, 0.25) is 0 Å². The first-order valence-corrected chi connectivity index (χ1v) is 5.61. The number of carbonyl (C=O) groups excluding carboxylic acids is 1. The maximum Gasteiger partial charge on any atom is 0.225 e. The summed E-state index contributed by atoms with van der Waals surface area (Å²) in [5.74, 6) is 0.103. The van der Waals surface area contributed by atoms with Gasteiger partial charge in [0.2, 0.25) is 5.91 Å². The molecule has 88 valence electrons. The highest BCUT2D eigenvalue weighted by Crippen LogP contribution is 2.12. The topological polar surface area (TPSA) is 50.4 Å². The van der Waals surface area contributed by atoms with E-state index >= 15 is 0 Å². The molecule has 1 saturated heterocycles. The van der Waals surface area contributed by atoms with Crippen molar-refractivity contribution in [2.45, 2.75) is 33.3 Å². The highest BCUT2D eigenvalue weighted by atomic mass is 16.5. The molecule has 1 aliphatic heterocycles. The van der Waals surface area contributed by atoms with Crippen LogP contribution in [0.5, 0.6) is 0 Å². The molecule has 0 spiro atoms. The van der Waals surface area contributed by atoms with Gasteiger partial charge in [0.25, 0.3) is 0 Å². The van der Waals surface area contributed by atoms with Gasteiger partial charge in [-0.05, 0) is 6.42 Å². The second-order valence-corrected chi connectivity index (χ2v) is 4.99. The average molecular weight is 214 g/mol. The van der Waals surface area contributed by atoms with Crippen LogP contribution in [0.1, 0.15) is 27.2 Å². The van der Waals surface area contributed by atoms with Crippen molar-refractivity contribution in [3.8, 4) is 0 Å². The number of ether oxygens (including phenoxy) is 1. The summed E-state index contributed by atoms with van der Waals surface area (Å²) in [4.78, 5) is 11.5. The maximum absolute atomic E-state index is 11.5. The number of hydrogen-bond donors (Lipinski definition) is 2. The van der Waals surface area contributed by atoms with Gasteiger partial charge in [0.15, 0.2) is 0 Å². The summed E-state index contributed by atoms with van der Waals surface area (Å²) < 4.78 is 5.53. The molecule has 0 saturated carbocycles. The Morgan fingerprint density at radius 1 is 1.53 bits per heavy atom. The largest absolute Gasteiger partial charge is 0.376 e. The van der Waals surface area contributed by atoms with Crippen molar-refractivity contribution in [1.82, 2.24) is 10.6 Å². The fourth-order valence-electron chi connectivity index (χ4n) is 1.42. The molecule has 0 bridgehead atoms. The molecule has 0 aromatic carbocycles. The van der Waals surface area contributed by atoms with Crippen molar-refractivity contribution >= 4 is 5.91 Å². The Bertz CT molecular complexity index is 205. The van der Waals surface area contributed by atoms with Crippen molar-refractivity contribution in [2.24, 2.45) is 5.41 Å². The van der Waals surface area contributed by atoms with Crippen LogP contribution in [-0.2, 0) is 9.53 Å². The minimum Gasteiger partial charge on any atom is -0.376 e. The summed E-state index contributed by atoms with van der Waals surface area (Å²) in [7, 11) is 0. The zero-order chi connectivity index (χ0) is 11.3. The highest BCUT2D eigenvalue weighted by molar-refractivity contribution is 5.81. The maximum atomic E-state index is 11.5. The van der Waals surface area contributed by atoms with Crippen molar-refractivity contribution < 1.29 is 9.53 Å². The molecule has 0 aliphatic carbocycles. The van der Waals surface area contributed by atoms with E-state index in [1.165, 1.54) is 0 Å². The monoisotopic (exact) mass is 214 g/mol. The molecule has 2 N–H and O–H groups in total. The number of amides is 1. The van der Waals surface area contributed by atoms with E-state index in [9.17, 15) is 4.79 Å². The Morgan fingerprint density at radius 2 is 2.27 bits per heavy atom. The molecule has 15 heavy (non-hydrogen) atoms. The van der Waals surface area contributed by atoms with E-state index in [2.05, 4.69) is 10.6 Å². The molecule has 1 rings (SSSR count). The van der Waals surface area contributed by atoms with Gasteiger partial charge >= 0.3 is 0 Å². The molecule has 0 radical (unpaired) electrons.